The van der Waals surface area contributed by atoms with Crippen LogP contribution in [0.25, 0.3) is 0 Å². The zero-order valence-corrected chi connectivity index (χ0v) is 13.9. The van der Waals surface area contributed by atoms with Crippen molar-refractivity contribution in [2.45, 2.75) is 63.9 Å². The van der Waals surface area contributed by atoms with Gasteiger partial charge in [0.15, 0.2) is 0 Å². The molecule has 0 aromatic carbocycles. The maximum absolute atomic E-state index is 12.9. The summed E-state index contributed by atoms with van der Waals surface area (Å²) in [6.07, 6.45) is 3.96. The van der Waals surface area contributed by atoms with E-state index in [0.29, 0.717) is 11.7 Å². The van der Waals surface area contributed by atoms with Gasteiger partial charge >= 0.3 is 12.0 Å². The molecular weight excluding hydrogens is 288 g/mol. The summed E-state index contributed by atoms with van der Waals surface area (Å²) in [6, 6.07) is -0.568. The monoisotopic (exact) mass is 314 g/mol. The van der Waals surface area contributed by atoms with Crippen LogP contribution in [0.1, 0.15) is 46.5 Å². The Bertz CT molecular complexity index is 404. The summed E-state index contributed by atoms with van der Waals surface area (Å²) in [7, 11) is 0. The van der Waals surface area contributed by atoms with E-state index in [1.807, 2.05) is 4.90 Å². The predicted molar refractivity (Wildman–Crippen MR) is 84.4 cm³/mol. The van der Waals surface area contributed by atoms with E-state index in [1.165, 1.54) is 0 Å². The number of carboxylic acids is 1. The van der Waals surface area contributed by atoms with E-state index < -0.39 is 12.0 Å². The molecule has 2 rings (SSSR count). The van der Waals surface area contributed by atoms with Gasteiger partial charge in [0.25, 0.3) is 0 Å². The number of urea groups is 1. The van der Waals surface area contributed by atoms with Crippen LogP contribution in [0, 0.1) is 5.92 Å². The highest BCUT2D eigenvalue weighted by atomic mass is 32.2. The highest BCUT2D eigenvalue weighted by Gasteiger charge is 2.44. The summed E-state index contributed by atoms with van der Waals surface area (Å²) >= 11 is 1.60. The third-order valence-electron chi connectivity index (χ3n) is 4.75. The van der Waals surface area contributed by atoms with Crippen LogP contribution in [0.4, 0.5) is 4.79 Å². The number of hydrogen-bond donors (Lipinski definition) is 1. The van der Waals surface area contributed by atoms with Gasteiger partial charge in [0.05, 0.1) is 5.37 Å². The summed E-state index contributed by atoms with van der Waals surface area (Å²) < 4.78 is 0. The average molecular weight is 314 g/mol. The quantitative estimate of drug-likeness (QED) is 0.870. The number of likely N-dealkylation sites (tertiary alicyclic amines) is 1. The van der Waals surface area contributed by atoms with Gasteiger partial charge in [0, 0.05) is 18.3 Å². The molecule has 0 radical (unpaired) electrons. The average Bonchev–Trinajstić information content (AvgIpc) is 2.85. The van der Waals surface area contributed by atoms with Crippen LogP contribution in [0.5, 0.6) is 0 Å². The summed E-state index contributed by atoms with van der Waals surface area (Å²) in [5.74, 6) is 0.0989. The predicted octanol–water partition coefficient (Wildman–Crippen LogP) is 2.86. The first-order chi connectivity index (χ1) is 9.97. The van der Waals surface area contributed by atoms with E-state index in [0.717, 1.165) is 32.2 Å². The van der Waals surface area contributed by atoms with Crippen molar-refractivity contribution in [2.75, 3.05) is 12.3 Å². The van der Waals surface area contributed by atoms with Crippen molar-refractivity contribution in [1.82, 2.24) is 9.80 Å². The Balaban J connectivity index is 2.18. The smallest absolute Gasteiger partial charge is 0.327 e. The molecule has 1 N–H and O–H groups in total. The number of carbonyl (C=O) groups is 2. The molecule has 2 aliphatic heterocycles. The first-order valence-corrected chi connectivity index (χ1v) is 8.95. The molecule has 0 aliphatic carbocycles. The summed E-state index contributed by atoms with van der Waals surface area (Å²) in [5, 5.41) is 9.42. The molecule has 0 saturated carbocycles. The number of carbonyl (C=O) groups excluding carboxylic acids is 1. The van der Waals surface area contributed by atoms with Crippen molar-refractivity contribution in [1.29, 1.82) is 0 Å². The molecule has 2 fully saturated rings. The van der Waals surface area contributed by atoms with Crippen LogP contribution in [0.3, 0.4) is 0 Å². The number of rotatable bonds is 3. The maximum Gasteiger partial charge on any atom is 0.327 e. The fraction of sp³-hybridized carbons (Fsp3) is 0.867. The van der Waals surface area contributed by atoms with E-state index in [-0.39, 0.29) is 17.4 Å². The first kappa shape index (κ1) is 16.5. The zero-order valence-electron chi connectivity index (χ0n) is 13.1. The van der Waals surface area contributed by atoms with Crippen LogP contribution in [0.15, 0.2) is 0 Å². The SMILES string of the molecule is CCCC1SCC(C(=O)O)N1C(=O)N1CCCC(C)C1C. The molecule has 5 nitrogen and oxygen atoms in total. The first-order valence-electron chi connectivity index (χ1n) is 7.90. The normalized spacial score (nSPS) is 33.3. The third kappa shape index (κ3) is 3.30. The van der Waals surface area contributed by atoms with E-state index in [1.54, 1.807) is 16.7 Å². The Hall–Kier alpha value is -0.910. The zero-order chi connectivity index (χ0) is 15.6. The molecule has 0 bridgehead atoms. The van der Waals surface area contributed by atoms with Crippen molar-refractivity contribution in [3.63, 3.8) is 0 Å². The van der Waals surface area contributed by atoms with Gasteiger partial charge in [-0.3, -0.25) is 4.90 Å². The molecule has 2 amide bonds. The number of hydrogen-bond acceptors (Lipinski definition) is 3. The minimum Gasteiger partial charge on any atom is -0.480 e. The molecule has 0 aromatic heterocycles. The third-order valence-corrected chi connectivity index (χ3v) is 6.11. The van der Waals surface area contributed by atoms with E-state index in [2.05, 4.69) is 20.8 Å². The van der Waals surface area contributed by atoms with Crippen molar-refractivity contribution < 1.29 is 14.7 Å². The lowest BCUT2D eigenvalue weighted by atomic mass is 9.92. The molecule has 6 heteroatoms. The molecule has 120 valence electrons. The summed E-state index contributed by atoms with van der Waals surface area (Å²) in [6.45, 7) is 7.07. The lowest BCUT2D eigenvalue weighted by molar-refractivity contribution is -0.141. The maximum atomic E-state index is 12.9. The second-order valence-electron chi connectivity index (χ2n) is 6.17. The molecule has 2 saturated heterocycles. The highest BCUT2D eigenvalue weighted by Crippen LogP contribution is 2.35. The number of amides is 2. The topological polar surface area (TPSA) is 60.9 Å². The minimum absolute atomic E-state index is 0.00744. The lowest BCUT2D eigenvalue weighted by Gasteiger charge is -2.41. The van der Waals surface area contributed by atoms with Crippen LogP contribution < -0.4 is 0 Å². The van der Waals surface area contributed by atoms with Crippen molar-refractivity contribution in [2.24, 2.45) is 5.92 Å². The molecule has 2 aliphatic rings. The Kier molecular flexibility index (Phi) is 5.41. The minimum atomic E-state index is -0.882. The highest BCUT2D eigenvalue weighted by molar-refractivity contribution is 8.00. The standard InChI is InChI=1S/C15H26N2O3S/c1-4-6-13-17(12(9-21-13)14(18)19)15(20)16-8-5-7-10(2)11(16)3/h10-13H,4-9H2,1-3H3,(H,18,19). The van der Waals surface area contributed by atoms with Crippen molar-refractivity contribution >= 4 is 23.8 Å². The number of aliphatic carboxylic acids is 1. The van der Waals surface area contributed by atoms with Gasteiger partial charge in [0.1, 0.15) is 6.04 Å². The van der Waals surface area contributed by atoms with Gasteiger partial charge in [0.2, 0.25) is 0 Å². The van der Waals surface area contributed by atoms with E-state index in [4.69, 9.17) is 0 Å². The summed E-state index contributed by atoms with van der Waals surface area (Å²) in [5.41, 5.74) is 0. The Labute approximate surface area is 131 Å². The van der Waals surface area contributed by atoms with Crippen LogP contribution >= 0.6 is 11.8 Å². The molecule has 0 spiro atoms. The van der Waals surface area contributed by atoms with Crippen LogP contribution in [-0.4, -0.2) is 56.7 Å². The van der Waals surface area contributed by atoms with Crippen molar-refractivity contribution in [3.05, 3.63) is 0 Å². The van der Waals surface area contributed by atoms with Gasteiger partial charge in [-0.15, -0.1) is 11.8 Å². The fourth-order valence-corrected chi connectivity index (χ4v) is 4.74. The van der Waals surface area contributed by atoms with Crippen LogP contribution in [-0.2, 0) is 4.79 Å². The van der Waals surface area contributed by atoms with E-state index >= 15 is 0 Å². The van der Waals surface area contributed by atoms with Gasteiger partial charge in [-0.1, -0.05) is 20.3 Å². The lowest BCUT2D eigenvalue weighted by Crippen LogP contribution is -2.56. The second-order valence-corrected chi connectivity index (χ2v) is 7.38. The van der Waals surface area contributed by atoms with Crippen LogP contribution in [0.2, 0.25) is 0 Å². The molecule has 4 atom stereocenters. The van der Waals surface area contributed by atoms with Crippen molar-refractivity contribution in [3.8, 4) is 0 Å². The van der Waals surface area contributed by atoms with E-state index in [9.17, 15) is 14.7 Å². The molecule has 2 heterocycles. The Morgan fingerprint density at radius 1 is 1.33 bits per heavy atom. The van der Waals surface area contributed by atoms with Gasteiger partial charge in [-0.05, 0) is 32.1 Å². The van der Waals surface area contributed by atoms with Gasteiger partial charge < -0.3 is 10.0 Å². The molecule has 21 heavy (non-hydrogen) atoms. The van der Waals surface area contributed by atoms with Gasteiger partial charge in [-0.25, -0.2) is 9.59 Å². The molecular formula is C15H26N2O3S. The largest absolute Gasteiger partial charge is 0.480 e. The fourth-order valence-electron chi connectivity index (χ4n) is 3.23. The second kappa shape index (κ2) is 6.90. The van der Waals surface area contributed by atoms with Gasteiger partial charge in [-0.2, -0.15) is 0 Å². The molecule has 4 unspecified atom stereocenters. The number of carboxylic acid groups (broad SMARTS) is 1. The summed E-state index contributed by atoms with van der Waals surface area (Å²) in [4.78, 5) is 27.9. The molecule has 0 aromatic rings. The Morgan fingerprint density at radius 3 is 2.67 bits per heavy atom. The number of nitrogens with zero attached hydrogens (tertiary/aromatic N) is 2. The Morgan fingerprint density at radius 2 is 2.05 bits per heavy atom. The number of thioether (sulfide) groups is 1. The number of piperidine rings is 1.